The van der Waals surface area contributed by atoms with Crippen LogP contribution in [-0.4, -0.2) is 18.4 Å². The van der Waals surface area contributed by atoms with Crippen LogP contribution < -0.4 is 4.72 Å². The van der Waals surface area contributed by atoms with Crippen molar-refractivity contribution in [3.05, 3.63) is 34.2 Å². The van der Waals surface area contributed by atoms with Crippen LogP contribution in [0.25, 0.3) is 0 Å². The Bertz CT molecular complexity index is 682. The van der Waals surface area contributed by atoms with Crippen molar-refractivity contribution < 1.29 is 8.42 Å². The molecule has 96 valence electrons. The lowest BCUT2D eigenvalue weighted by atomic mass is 10.3. The van der Waals surface area contributed by atoms with E-state index in [0.717, 1.165) is 11.3 Å². The maximum absolute atomic E-state index is 12.0. The van der Waals surface area contributed by atoms with Crippen LogP contribution in [0.1, 0.15) is 10.6 Å². The monoisotopic (exact) mass is 303 g/mol. The third-order valence-corrected chi connectivity index (χ3v) is 5.28. The van der Waals surface area contributed by atoms with Gasteiger partial charge in [-0.2, -0.15) is 0 Å². The second-order valence-corrected chi connectivity index (χ2v) is 7.14. The van der Waals surface area contributed by atoms with Crippen LogP contribution in [-0.2, 0) is 10.0 Å². The molecule has 0 unspecified atom stereocenters. The molecular formula is C10H10ClN3O2S2. The van der Waals surface area contributed by atoms with Gasteiger partial charge in [0.05, 0.1) is 23.1 Å². The third-order valence-electron chi connectivity index (χ3n) is 2.13. The highest BCUT2D eigenvalue weighted by Gasteiger charge is 2.17. The third kappa shape index (κ3) is 2.80. The molecule has 2 aromatic heterocycles. The molecule has 0 radical (unpaired) electrons. The Hall–Kier alpha value is -1.18. The normalized spacial score (nSPS) is 11.5. The number of anilines is 1. The van der Waals surface area contributed by atoms with Crippen molar-refractivity contribution in [2.45, 2.75) is 18.1 Å². The number of sulfonamides is 1. The van der Waals surface area contributed by atoms with Crippen molar-refractivity contribution in [1.29, 1.82) is 0 Å². The van der Waals surface area contributed by atoms with Crippen LogP contribution >= 0.6 is 22.9 Å². The molecular weight excluding hydrogens is 294 g/mol. The Morgan fingerprint density at radius 1 is 1.28 bits per heavy atom. The highest BCUT2D eigenvalue weighted by atomic mass is 35.5. The molecule has 0 fully saturated rings. The molecule has 0 saturated carbocycles. The molecule has 0 aliphatic rings. The van der Waals surface area contributed by atoms with Gasteiger partial charge in [-0.25, -0.2) is 18.4 Å². The van der Waals surface area contributed by atoms with E-state index in [1.807, 2.05) is 0 Å². The van der Waals surface area contributed by atoms with Crippen LogP contribution in [0.5, 0.6) is 0 Å². The summed E-state index contributed by atoms with van der Waals surface area (Å²) in [6.45, 7) is 3.50. The molecule has 0 saturated heterocycles. The number of aryl methyl sites for hydroxylation is 2. The van der Waals surface area contributed by atoms with E-state index in [-0.39, 0.29) is 4.21 Å². The van der Waals surface area contributed by atoms with E-state index in [0.29, 0.717) is 21.4 Å². The zero-order chi connectivity index (χ0) is 13.3. The van der Waals surface area contributed by atoms with Crippen LogP contribution in [0.2, 0.25) is 5.15 Å². The first-order chi connectivity index (χ1) is 8.38. The first-order valence-electron chi connectivity index (χ1n) is 4.96. The van der Waals surface area contributed by atoms with Crippen molar-refractivity contribution in [1.82, 2.24) is 9.97 Å². The SMILES string of the molecule is Cc1ncc(S(=O)(=O)Nc2cnc(Cl)c(C)c2)s1. The average Bonchev–Trinajstić information content (AvgIpc) is 2.71. The molecule has 0 aromatic carbocycles. The number of halogens is 1. The van der Waals surface area contributed by atoms with Gasteiger partial charge in [0.1, 0.15) is 5.15 Å². The van der Waals surface area contributed by atoms with Gasteiger partial charge in [-0.15, -0.1) is 11.3 Å². The summed E-state index contributed by atoms with van der Waals surface area (Å²) < 4.78 is 26.6. The predicted octanol–water partition coefficient (Wildman–Crippen LogP) is 2.61. The standard InChI is InChI=1S/C10H10ClN3O2S2/c1-6-3-8(4-13-10(6)11)14-18(15,16)9-5-12-7(2)17-9/h3-5,14H,1-2H3. The number of aromatic nitrogens is 2. The van der Waals surface area contributed by atoms with Gasteiger partial charge in [0, 0.05) is 0 Å². The second kappa shape index (κ2) is 4.83. The van der Waals surface area contributed by atoms with Crippen LogP contribution in [0.4, 0.5) is 5.69 Å². The lowest BCUT2D eigenvalue weighted by Gasteiger charge is -2.06. The van der Waals surface area contributed by atoms with E-state index >= 15 is 0 Å². The van der Waals surface area contributed by atoms with E-state index in [4.69, 9.17) is 11.6 Å². The largest absolute Gasteiger partial charge is 0.277 e. The summed E-state index contributed by atoms with van der Waals surface area (Å²) in [4.78, 5) is 7.81. The Labute approximate surface area is 114 Å². The quantitative estimate of drug-likeness (QED) is 0.885. The van der Waals surface area contributed by atoms with Crippen molar-refractivity contribution in [3.63, 3.8) is 0 Å². The van der Waals surface area contributed by atoms with Crippen LogP contribution in [0.15, 0.2) is 22.7 Å². The van der Waals surface area contributed by atoms with Crippen molar-refractivity contribution >= 4 is 38.6 Å². The highest BCUT2D eigenvalue weighted by molar-refractivity contribution is 7.94. The zero-order valence-electron chi connectivity index (χ0n) is 9.64. The maximum Gasteiger partial charge on any atom is 0.273 e. The number of thiazole rings is 1. The molecule has 8 heteroatoms. The summed E-state index contributed by atoms with van der Waals surface area (Å²) in [5, 5.41) is 1.05. The van der Waals surface area contributed by atoms with E-state index in [1.165, 1.54) is 12.4 Å². The van der Waals surface area contributed by atoms with Gasteiger partial charge in [-0.3, -0.25) is 4.72 Å². The highest BCUT2D eigenvalue weighted by Crippen LogP contribution is 2.22. The Kier molecular flexibility index (Phi) is 3.56. The number of rotatable bonds is 3. The molecule has 2 rings (SSSR count). The lowest BCUT2D eigenvalue weighted by Crippen LogP contribution is -2.11. The van der Waals surface area contributed by atoms with E-state index in [9.17, 15) is 8.42 Å². The van der Waals surface area contributed by atoms with Gasteiger partial charge in [-0.1, -0.05) is 11.6 Å². The van der Waals surface area contributed by atoms with Crippen molar-refractivity contribution in [2.75, 3.05) is 4.72 Å². The van der Waals surface area contributed by atoms with E-state index in [2.05, 4.69) is 14.7 Å². The number of nitrogens with one attached hydrogen (secondary N) is 1. The molecule has 0 aliphatic heterocycles. The molecule has 5 nitrogen and oxygen atoms in total. The minimum absolute atomic E-state index is 0.174. The van der Waals surface area contributed by atoms with Gasteiger partial charge in [0.25, 0.3) is 10.0 Å². The Morgan fingerprint density at radius 3 is 2.56 bits per heavy atom. The first kappa shape index (κ1) is 13.3. The molecule has 0 amide bonds. The first-order valence-corrected chi connectivity index (χ1v) is 7.63. The second-order valence-electron chi connectivity index (χ2n) is 3.64. The number of pyridine rings is 1. The topological polar surface area (TPSA) is 72.0 Å². The summed E-state index contributed by atoms with van der Waals surface area (Å²) in [5.41, 5.74) is 1.08. The van der Waals surface area contributed by atoms with Crippen molar-refractivity contribution in [2.24, 2.45) is 0 Å². The minimum Gasteiger partial charge on any atom is -0.277 e. The number of nitrogens with zero attached hydrogens (tertiary/aromatic N) is 2. The van der Waals surface area contributed by atoms with Gasteiger partial charge in [0.2, 0.25) is 0 Å². The van der Waals surface area contributed by atoms with Gasteiger partial charge in [-0.05, 0) is 25.5 Å². The van der Waals surface area contributed by atoms with Gasteiger partial charge in [0.15, 0.2) is 4.21 Å². The number of hydrogen-bond donors (Lipinski definition) is 1. The number of hydrogen-bond acceptors (Lipinski definition) is 5. The zero-order valence-corrected chi connectivity index (χ0v) is 12.0. The summed E-state index contributed by atoms with van der Waals surface area (Å²) in [5.74, 6) is 0. The molecule has 2 aromatic rings. The molecule has 18 heavy (non-hydrogen) atoms. The minimum atomic E-state index is -3.60. The summed E-state index contributed by atoms with van der Waals surface area (Å²) in [6, 6.07) is 1.63. The fourth-order valence-electron chi connectivity index (χ4n) is 1.29. The fourth-order valence-corrected chi connectivity index (χ4v) is 3.53. The molecule has 1 N–H and O–H groups in total. The van der Waals surface area contributed by atoms with Crippen molar-refractivity contribution in [3.8, 4) is 0 Å². The summed E-state index contributed by atoms with van der Waals surface area (Å²) >= 11 is 6.89. The van der Waals surface area contributed by atoms with Gasteiger partial charge >= 0.3 is 0 Å². The van der Waals surface area contributed by atoms with Crippen LogP contribution in [0.3, 0.4) is 0 Å². The fraction of sp³-hybridized carbons (Fsp3) is 0.200. The lowest BCUT2D eigenvalue weighted by molar-refractivity contribution is 0.603. The Morgan fingerprint density at radius 2 is 2.00 bits per heavy atom. The molecule has 2 heterocycles. The van der Waals surface area contributed by atoms with Crippen LogP contribution in [0, 0.1) is 13.8 Å². The maximum atomic E-state index is 12.0. The van der Waals surface area contributed by atoms with E-state index < -0.39 is 10.0 Å². The van der Waals surface area contributed by atoms with Gasteiger partial charge < -0.3 is 0 Å². The summed E-state index contributed by atoms with van der Waals surface area (Å²) in [7, 11) is -3.60. The molecule has 0 bridgehead atoms. The Balaban J connectivity index is 2.30. The predicted molar refractivity (Wildman–Crippen MR) is 71.6 cm³/mol. The molecule has 0 aliphatic carbocycles. The van der Waals surface area contributed by atoms with E-state index in [1.54, 1.807) is 19.9 Å². The smallest absolute Gasteiger partial charge is 0.273 e. The average molecular weight is 304 g/mol. The molecule has 0 spiro atoms. The summed E-state index contributed by atoms with van der Waals surface area (Å²) in [6.07, 6.45) is 2.71. The molecule has 0 atom stereocenters.